The third kappa shape index (κ3) is 3.23. The van der Waals surface area contributed by atoms with Gasteiger partial charge in [0.25, 0.3) is 0 Å². The van der Waals surface area contributed by atoms with Crippen molar-refractivity contribution in [3.63, 3.8) is 0 Å². The molecule has 0 aliphatic rings. The number of aliphatic carboxylic acids is 1. The number of amides is 2. The number of carboxylic acids is 1. The molecular weight excluding hydrogens is 160 g/mol. The number of nitrogens with two attached hydrogens (primary N) is 1. The second kappa shape index (κ2) is 4.58. The number of carboxylic acid groups (broad SMARTS) is 1. The molecule has 0 heterocycles. The normalized spacial score (nSPS) is 14.8. The monoisotopic (exact) mass is 174 g/mol. The van der Waals surface area contributed by atoms with Crippen LogP contribution in [-0.2, 0) is 4.79 Å². The summed E-state index contributed by atoms with van der Waals surface area (Å²) in [5.74, 6) is -1.17. The number of nitrogens with one attached hydrogen (secondary N) is 1. The molecule has 0 aromatic rings. The molecule has 0 saturated carbocycles. The van der Waals surface area contributed by atoms with E-state index in [-0.39, 0.29) is 5.92 Å². The Morgan fingerprint density at radius 2 is 2.08 bits per heavy atom. The van der Waals surface area contributed by atoms with E-state index in [0.717, 1.165) is 0 Å². The van der Waals surface area contributed by atoms with Gasteiger partial charge in [-0.3, -0.25) is 0 Å². The zero-order chi connectivity index (χ0) is 9.72. The quantitative estimate of drug-likeness (QED) is 0.566. The van der Waals surface area contributed by atoms with E-state index in [4.69, 9.17) is 10.8 Å². The highest BCUT2D eigenvalue weighted by molar-refractivity contribution is 5.81. The molecule has 0 aromatic heterocycles. The van der Waals surface area contributed by atoms with Crippen molar-refractivity contribution in [2.24, 2.45) is 11.7 Å². The first-order chi connectivity index (χ1) is 5.49. The van der Waals surface area contributed by atoms with Crippen LogP contribution in [0.3, 0.4) is 0 Å². The second-order valence-electron chi connectivity index (χ2n) is 2.71. The average Bonchev–Trinajstić information content (AvgIpc) is 1.98. The Kier molecular flexibility index (Phi) is 4.10. The van der Waals surface area contributed by atoms with Gasteiger partial charge < -0.3 is 16.2 Å². The number of urea groups is 1. The summed E-state index contributed by atoms with van der Waals surface area (Å²) in [5, 5.41) is 10.8. The number of carbonyl (C=O) groups is 2. The van der Waals surface area contributed by atoms with E-state index in [1.807, 2.05) is 6.92 Å². The maximum absolute atomic E-state index is 10.6. The van der Waals surface area contributed by atoms with E-state index < -0.39 is 18.0 Å². The summed E-state index contributed by atoms with van der Waals surface area (Å²) in [5.41, 5.74) is 4.81. The highest BCUT2D eigenvalue weighted by Crippen LogP contribution is 2.07. The van der Waals surface area contributed by atoms with Gasteiger partial charge in [-0.15, -0.1) is 0 Å². The van der Waals surface area contributed by atoms with Gasteiger partial charge >= 0.3 is 12.0 Å². The number of carbonyl (C=O) groups excluding carboxylic acids is 1. The summed E-state index contributed by atoms with van der Waals surface area (Å²) in [6.45, 7) is 3.60. The van der Waals surface area contributed by atoms with Crippen molar-refractivity contribution in [1.29, 1.82) is 0 Å². The summed E-state index contributed by atoms with van der Waals surface area (Å²) in [6, 6.07) is -1.68. The first-order valence-electron chi connectivity index (χ1n) is 3.77. The van der Waals surface area contributed by atoms with Gasteiger partial charge in [0, 0.05) is 0 Å². The first-order valence-corrected chi connectivity index (χ1v) is 3.77. The summed E-state index contributed by atoms with van der Waals surface area (Å²) < 4.78 is 0. The van der Waals surface area contributed by atoms with Gasteiger partial charge in [-0.2, -0.15) is 0 Å². The highest BCUT2D eigenvalue weighted by Gasteiger charge is 2.23. The zero-order valence-electron chi connectivity index (χ0n) is 7.20. The third-order valence-corrected chi connectivity index (χ3v) is 1.78. The Labute approximate surface area is 70.9 Å². The number of primary amides is 1. The molecule has 4 N–H and O–H groups in total. The van der Waals surface area contributed by atoms with E-state index in [1.54, 1.807) is 6.92 Å². The van der Waals surface area contributed by atoms with Gasteiger partial charge in [0.15, 0.2) is 0 Å². The lowest BCUT2D eigenvalue weighted by molar-refractivity contribution is -0.140. The third-order valence-electron chi connectivity index (χ3n) is 1.78. The lowest BCUT2D eigenvalue weighted by Crippen LogP contribution is -2.47. The minimum Gasteiger partial charge on any atom is -0.480 e. The van der Waals surface area contributed by atoms with Crippen molar-refractivity contribution in [3.05, 3.63) is 0 Å². The fourth-order valence-electron chi connectivity index (χ4n) is 0.836. The predicted molar refractivity (Wildman–Crippen MR) is 43.6 cm³/mol. The van der Waals surface area contributed by atoms with Crippen LogP contribution in [-0.4, -0.2) is 23.1 Å². The molecule has 0 aliphatic carbocycles. The Morgan fingerprint density at radius 1 is 1.58 bits per heavy atom. The molecule has 0 aromatic carbocycles. The van der Waals surface area contributed by atoms with Gasteiger partial charge in [-0.05, 0) is 5.92 Å². The van der Waals surface area contributed by atoms with Crippen LogP contribution in [0.25, 0.3) is 0 Å². The average molecular weight is 174 g/mol. The SMILES string of the molecule is CC[C@@H](C)[C@@H](NC(N)=O)C(=O)O. The van der Waals surface area contributed by atoms with E-state index in [9.17, 15) is 9.59 Å². The van der Waals surface area contributed by atoms with Crippen molar-refractivity contribution in [3.8, 4) is 0 Å². The smallest absolute Gasteiger partial charge is 0.326 e. The van der Waals surface area contributed by atoms with Crippen LogP contribution in [0.1, 0.15) is 20.3 Å². The van der Waals surface area contributed by atoms with Crippen molar-refractivity contribution in [2.45, 2.75) is 26.3 Å². The highest BCUT2D eigenvalue weighted by atomic mass is 16.4. The molecule has 0 unspecified atom stereocenters. The van der Waals surface area contributed by atoms with Gasteiger partial charge in [0.2, 0.25) is 0 Å². The summed E-state index contributed by atoms with van der Waals surface area (Å²) in [4.78, 5) is 20.9. The van der Waals surface area contributed by atoms with Crippen LogP contribution in [0.4, 0.5) is 4.79 Å². The first kappa shape index (κ1) is 10.7. The summed E-state index contributed by atoms with van der Waals surface area (Å²) in [6.07, 6.45) is 0.678. The molecule has 12 heavy (non-hydrogen) atoms. The van der Waals surface area contributed by atoms with Crippen molar-refractivity contribution in [1.82, 2.24) is 5.32 Å². The molecule has 2 atom stereocenters. The molecule has 5 heteroatoms. The summed E-state index contributed by atoms with van der Waals surface area (Å²) in [7, 11) is 0. The van der Waals surface area contributed by atoms with Crippen LogP contribution < -0.4 is 11.1 Å². The van der Waals surface area contributed by atoms with E-state index in [0.29, 0.717) is 6.42 Å². The molecule has 0 rings (SSSR count). The molecule has 0 radical (unpaired) electrons. The summed E-state index contributed by atoms with van der Waals surface area (Å²) >= 11 is 0. The molecule has 0 bridgehead atoms. The van der Waals surface area contributed by atoms with Crippen molar-refractivity contribution < 1.29 is 14.7 Å². The minimum atomic E-state index is -1.05. The Morgan fingerprint density at radius 3 is 2.33 bits per heavy atom. The predicted octanol–water partition coefficient (Wildman–Crippen LogP) is 0.154. The molecular formula is C7H14N2O3. The number of hydrogen-bond donors (Lipinski definition) is 3. The number of rotatable bonds is 4. The van der Waals surface area contributed by atoms with Gasteiger partial charge in [0.05, 0.1) is 0 Å². The topological polar surface area (TPSA) is 92.4 Å². The Balaban J connectivity index is 4.22. The lowest BCUT2D eigenvalue weighted by atomic mass is 10.00. The fraction of sp³-hybridized carbons (Fsp3) is 0.714. The van der Waals surface area contributed by atoms with Gasteiger partial charge in [-0.1, -0.05) is 20.3 Å². The second-order valence-corrected chi connectivity index (χ2v) is 2.71. The van der Waals surface area contributed by atoms with Crippen LogP contribution in [0.2, 0.25) is 0 Å². The zero-order valence-corrected chi connectivity index (χ0v) is 7.20. The van der Waals surface area contributed by atoms with Gasteiger partial charge in [0.1, 0.15) is 6.04 Å². The molecule has 5 nitrogen and oxygen atoms in total. The number of hydrogen-bond acceptors (Lipinski definition) is 2. The van der Waals surface area contributed by atoms with E-state index in [1.165, 1.54) is 0 Å². The molecule has 0 spiro atoms. The minimum absolute atomic E-state index is 0.116. The van der Waals surface area contributed by atoms with E-state index >= 15 is 0 Å². The standard InChI is InChI=1S/C7H14N2O3/c1-3-4(2)5(6(10)11)9-7(8)12/h4-5H,3H2,1-2H3,(H,10,11)(H3,8,9,12)/t4-,5-/m1/s1. The molecule has 2 amide bonds. The van der Waals surface area contributed by atoms with Crippen LogP contribution >= 0.6 is 0 Å². The van der Waals surface area contributed by atoms with E-state index in [2.05, 4.69) is 5.32 Å². The molecule has 70 valence electrons. The lowest BCUT2D eigenvalue weighted by Gasteiger charge is -2.18. The van der Waals surface area contributed by atoms with Crippen molar-refractivity contribution in [2.75, 3.05) is 0 Å². The van der Waals surface area contributed by atoms with Crippen molar-refractivity contribution >= 4 is 12.0 Å². The largest absolute Gasteiger partial charge is 0.480 e. The molecule has 0 saturated heterocycles. The molecule has 0 fully saturated rings. The van der Waals surface area contributed by atoms with Gasteiger partial charge in [-0.25, -0.2) is 9.59 Å². The maximum atomic E-state index is 10.6. The Hall–Kier alpha value is -1.26. The van der Waals surface area contributed by atoms with Crippen LogP contribution in [0, 0.1) is 5.92 Å². The molecule has 0 aliphatic heterocycles. The maximum Gasteiger partial charge on any atom is 0.326 e. The Bertz CT molecular complexity index is 181. The van der Waals surface area contributed by atoms with Crippen LogP contribution in [0.15, 0.2) is 0 Å². The fourth-order valence-corrected chi connectivity index (χ4v) is 0.836. The van der Waals surface area contributed by atoms with Crippen LogP contribution in [0.5, 0.6) is 0 Å².